The van der Waals surface area contributed by atoms with E-state index in [0.29, 0.717) is 0 Å². The number of aliphatic hydroxyl groups is 1. The molecule has 0 fully saturated rings. The number of hydrogen-bond acceptors (Lipinski definition) is 3. The standard InChI is InChI=1S/C20H22N2O3/c1-13-6-3-4-7-15(13)17(23)12-22-19(24)10-14-11-21-16-8-5-9-18(25-2)20(14)16/h3-9,11,17,21,23H,10,12H2,1-2H3,(H,22,24). The Morgan fingerprint density at radius 2 is 2.04 bits per heavy atom. The van der Waals surface area contributed by atoms with Crippen LogP contribution in [-0.4, -0.2) is 29.7 Å². The molecule has 0 spiro atoms. The van der Waals surface area contributed by atoms with Crippen LogP contribution < -0.4 is 10.1 Å². The zero-order chi connectivity index (χ0) is 17.8. The molecule has 3 N–H and O–H groups in total. The summed E-state index contributed by atoms with van der Waals surface area (Å²) in [6, 6.07) is 13.3. The second-order valence-corrected chi connectivity index (χ2v) is 6.05. The van der Waals surface area contributed by atoms with Crippen LogP contribution >= 0.6 is 0 Å². The van der Waals surface area contributed by atoms with Crippen molar-refractivity contribution in [1.82, 2.24) is 10.3 Å². The lowest BCUT2D eigenvalue weighted by Crippen LogP contribution is -2.29. The molecule has 1 unspecified atom stereocenters. The lowest BCUT2D eigenvalue weighted by atomic mass is 10.0. The molecule has 0 aliphatic rings. The van der Waals surface area contributed by atoms with Crippen molar-refractivity contribution in [3.05, 3.63) is 65.4 Å². The van der Waals surface area contributed by atoms with Crippen LogP contribution in [-0.2, 0) is 11.2 Å². The zero-order valence-corrected chi connectivity index (χ0v) is 14.4. The van der Waals surface area contributed by atoms with E-state index in [2.05, 4.69) is 10.3 Å². The number of benzene rings is 2. The summed E-state index contributed by atoms with van der Waals surface area (Å²) in [4.78, 5) is 15.5. The zero-order valence-electron chi connectivity index (χ0n) is 14.4. The van der Waals surface area contributed by atoms with Crippen molar-refractivity contribution >= 4 is 16.8 Å². The highest BCUT2D eigenvalue weighted by Crippen LogP contribution is 2.28. The van der Waals surface area contributed by atoms with E-state index >= 15 is 0 Å². The number of aliphatic hydroxyl groups excluding tert-OH is 1. The minimum Gasteiger partial charge on any atom is -0.496 e. The number of aromatic nitrogens is 1. The van der Waals surface area contributed by atoms with Gasteiger partial charge in [-0.05, 0) is 35.7 Å². The lowest BCUT2D eigenvalue weighted by molar-refractivity contribution is -0.120. The predicted molar refractivity (Wildman–Crippen MR) is 97.7 cm³/mol. The molecule has 3 aromatic rings. The third-order valence-corrected chi connectivity index (χ3v) is 4.36. The van der Waals surface area contributed by atoms with Gasteiger partial charge in [-0.3, -0.25) is 4.79 Å². The molecule has 0 saturated heterocycles. The van der Waals surface area contributed by atoms with Crippen LogP contribution in [0.3, 0.4) is 0 Å². The number of aromatic amines is 1. The summed E-state index contributed by atoms with van der Waals surface area (Å²) in [6.45, 7) is 2.13. The first-order valence-electron chi connectivity index (χ1n) is 8.23. The number of rotatable bonds is 6. The summed E-state index contributed by atoms with van der Waals surface area (Å²) in [5, 5.41) is 14.0. The van der Waals surface area contributed by atoms with E-state index in [1.54, 1.807) is 7.11 Å². The van der Waals surface area contributed by atoms with Gasteiger partial charge in [0, 0.05) is 23.6 Å². The van der Waals surface area contributed by atoms with Gasteiger partial charge in [0.15, 0.2) is 0 Å². The molecule has 0 saturated carbocycles. The van der Waals surface area contributed by atoms with E-state index < -0.39 is 6.10 Å². The predicted octanol–water partition coefficient (Wildman–Crippen LogP) is 2.88. The Morgan fingerprint density at radius 1 is 1.24 bits per heavy atom. The highest BCUT2D eigenvalue weighted by Gasteiger charge is 2.15. The fourth-order valence-corrected chi connectivity index (χ4v) is 3.05. The molecule has 0 aliphatic heterocycles. The smallest absolute Gasteiger partial charge is 0.224 e. The average Bonchev–Trinajstić information content (AvgIpc) is 3.03. The summed E-state index contributed by atoms with van der Waals surface area (Å²) in [7, 11) is 1.62. The van der Waals surface area contributed by atoms with Gasteiger partial charge in [-0.2, -0.15) is 0 Å². The molecule has 0 radical (unpaired) electrons. The van der Waals surface area contributed by atoms with Crippen molar-refractivity contribution in [2.75, 3.05) is 13.7 Å². The van der Waals surface area contributed by atoms with Crippen molar-refractivity contribution in [3.63, 3.8) is 0 Å². The van der Waals surface area contributed by atoms with E-state index in [0.717, 1.165) is 33.3 Å². The van der Waals surface area contributed by atoms with Gasteiger partial charge in [0.05, 0.1) is 19.6 Å². The number of H-pyrrole nitrogens is 1. The summed E-state index contributed by atoms with van der Waals surface area (Å²) >= 11 is 0. The highest BCUT2D eigenvalue weighted by molar-refractivity contribution is 5.93. The van der Waals surface area contributed by atoms with Crippen LogP contribution in [0, 0.1) is 6.92 Å². The van der Waals surface area contributed by atoms with Crippen LogP contribution in [0.25, 0.3) is 10.9 Å². The normalized spacial score (nSPS) is 12.1. The molecule has 1 heterocycles. The number of hydrogen-bond donors (Lipinski definition) is 3. The van der Waals surface area contributed by atoms with Crippen LogP contribution in [0.5, 0.6) is 5.75 Å². The van der Waals surface area contributed by atoms with Crippen molar-refractivity contribution < 1.29 is 14.6 Å². The van der Waals surface area contributed by atoms with Crippen LogP contribution in [0.2, 0.25) is 0 Å². The molecule has 130 valence electrons. The van der Waals surface area contributed by atoms with E-state index in [1.807, 2.05) is 55.6 Å². The van der Waals surface area contributed by atoms with Crippen LogP contribution in [0.1, 0.15) is 22.8 Å². The van der Waals surface area contributed by atoms with Gasteiger partial charge in [-0.1, -0.05) is 30.3 Å². The largest absolute Gasteiger partial charge is 0.496 e. The maximum Gasteiger partial charge on any atom is 0.224 e. The summed E-state index contributed by atoms with van der Waals surface area (Å²) in [6.07, 6.45) is 1.33. The molecule has 0 bridgehead atoms. The fourth-order valence-electron chi connectivity index (χ4n) is 3.05. The Hall–Kier alpha value is -2.79. The molecule has 3 rings (SSSR count). The Balaban J connectivity index is 1.66. The van der Waals surface area contributed by atoms with Gasteiger partial charge in [-0.15, -0.1) is 0 Å². The first kappa shape index (κ1) is 17.0. The second kappa shape index (κ2) is 7.40. The van der Waals surface area contributed by atoms with Crippen LogP contribution in [0.15, 0.2) is 48.7 Å². The second-order valence-electron chi connectivity index (χ2n) is 6.05. The monoisotopic (exact) mass is 338 g/mol. The third-order valence-electron chi connectivity index (χ3n) is 4.36. The highest BCUT2D eigenvalue weighted by atomic mass is 16.5. The maximum absolute atomic E-state index is 12.3. The van der Waals surface area contributed by atoms with Crippen molar-refractivity contribution in [1.29, 1.82) is 0 Å². The lowest BCUT2D eigenvalue weighted by Gasteiger charge is -2.14. The Morgan fingerprint density at radius 3 is 2.80 bits per heavy atom. The van der Waals surface area contributed by atoms with E-state index in [-0.39, 0.29) is 18.9 Å². The van der Waals surface area contributed by atoms with Gasteiger partial charge in [0.1, 0.15) is 5.75 Å². The molecular weight excluding hydrogens is 316 g/mol. The quantitative estimate of drug-likeness (QED) is 0.647. The Bertz CT molecular complexity index is 886. The van der Waals surface area contributed by atoms with Crippen molar-refractivity contribution in [2.24, 2.45) is 0 Å². The number of carbonyl (C=O) groups is 1. The van der Waals surface area contributed by atoms with Gasteiger partial charge in [0.2, 0.25) is 5.91 Å². The van der Waals surface area contributed by atoms with Gasteiger partial charge >= 0.3 is 0 Å². The first-order valence-corrected chi connectivity index (χ1v) is 8.23. The van der Waals surface area contributed by atoms with E-state index in [4.69, 9.17) is 4.74 Å². The molecule has 1 amide bonds. The summed E-state index contributed by atoms with van der Waals surface area (Å²) < 4.78 is 5.39. The molecule has 2 aromatic carbocycles. The fraction of sp³-hybridized carbons (Fsp3) is 0.250. The van der Waals surface area contributed by atoms with E-state index in [9.17, 15) is 9.90 Å². The number of nitrogens with one attached hydrogen (secondary N) is 2. The number of carbonyl (C=O) groups excluding carboxylic acids is 1. The molecular formula is C20H22N2O3. The van der Waals surface area contributed by atoms with Crippen molar-refractivity contribution in [3.8, 4) is 5.75 Å². The molecule has 5 nitrogen and oxygen atoms in total. The number of ether oxygens (including phenoxy) is 1. The molecule has 5 heteroatoms. The summed E-state index contributed by atoms with van der Waals surface area (Å²) in [5.74, 6) is 0.598. The number of aryl methyl sites for hydroxylation is 1. The number of fused-ring (bicyclic) bond motifs is 1. The SMILES string of the molecule is COc1cccc2[nH]cc(CC(=O)NCC(O)c3ccccc3C)c12. The topological polar surface area (TPSA) is 74.4 Å². The minimum atomic E-state index is -0.720. The number of amides is 1. The summed E-state index contributed by atoms with van der Waals surface area (Å²) in [5.41, 5.74) is 3.64. The van der Waals surface area contributed by atoms with Gasteiger partial charge < -0.3 is 20.1 Å². The Labute approximate surface area is 146 Å². The molecule has 1 aromatic heterocycles. The Kier molecular flexibility index (Phi) is 5.05. The maximum atomic E-state index is 12.3. The van der Waals surface area contributed by atoms with Crippen molar-refractivity contribution in [2.45, 2.75) is 19.4 Å². The third kappa shape index (κ3) is 3.67. The van der Waals surface area contributed by atoms with Gasteiger partial charge in [-0.25, -0.2) is 0 Å². The molecule has 0 aliphatic carbocycles. The van der Waals surface area contributed by atoms with E-state index in [1.165, 1.54) is 0 Å². The van der Waals surface area contributed by atoms with Gasteiger partial charge in [0.25, 0.3) is 0 Å². The van der Waals surface area contributed by atoms with Crippen LogP contribution in [0.4, 0.5) is 0 Å². The minimum absolute atomic E-state index is 0.139. The number of methoxy groups -OCH3 is 1. The average molecular weight is 338 g/mol. The first-order chi connectivity index (χ1) is 12.1. The molecule has 1 atom stereocenters. The molecule has 25 heavy (non-hydrogen) atoms.